The van der Waals surface area contributed by atoms with E-state index in [1.165, 1.54) is 0 Å². The molecule has 0 aliphatic carbocycles. The summed E-state index contributed by atoms with van der Waals surface area (Å²) >= 11 is 0. The highest BCUT2D eigenvalue weighted by atomic mass is 16.6. The van der Waals surface area contributed by atoms with Crippen LogP contribution in [0.25, 0.3) is 0 Å². The third kappa shape index (κ3) is 4.75. The van der Waals surface area contributed by atoms with Gasteiger partial charge < -0.3 is 20.1 Å². The number of rotatable bonds is 0. The van der Waals surface area contributed by atoms with Crippen molar-refractivity contribution in [3.8, 4) is 0 Å². The molecule has 2 saturated heterocycles. The summed E-state index contributed by atoms with van der Waals surface area (Å²) in [5, 5.41) is 0. The summed E-state index contributed by atoms with van der Waals surface area (Å²) in [6.07, 6.45) is 0.662. The fourth-order valence-corrected chi connectivity index (χ4v) is 3.32. The van der Waals surface area contributed by atoms with E-state index in [1.807, 2.05) is 41.5 Å². The van der Waals surface area contributed by atoms with Crippen molar-refractivity contribution in [1.82, 2.24) is 9.80 Å². The summed E-state index contributed by atoms with van der Waals surface area (Å²) < 4.78 is 11.0. The van der Waals surface area contributed by atoms with Crippen molar-refractivity contribution in [2.24, 2.45) is 5.73 Å². The van der Waals surface area contributed by atoms with Gasteiger partial charge in [0.1, 0.15) is 11.2 Å². The molecular weight excluding hydrogens is 310 g/mol. The Balaban J connectivity index is 2.11. The van der Waals surface area contributed by atoms with Crippen molar-refractivity contribution in [2.75, 3.05) is 13.1 Å². The molecule has 2 rings (SSSR count). The van der Waals surface area contributed by atoms with Gasteiger partial charge >= 0.3 is 12.2 Å². The topological polar surface area (TPSA) is 85.1 Å². The molecule has 0 aromatic rings. The lowest BCUT2D eigenvalue weighted by Crippen LogP contribution is -2.67. The lowest BCUT2D eigenvalue weighted by atomic mass is 9.88. The molecule has 0 aromatic heterocycles. The molecule has 0 spiro atoms. The molecule has 0 aromatic carbocycles. The first-order chi connectivity index (χ1) is 10.9. The highest BCUT2D eigenvalue weighted by Gasteiger charge is 2.46. The third-order valence-corrected chi connectivity index (χ3v) is 4.05. The third-order valence-electron chi connectivity index (χ3n) is 4.05. The molecule has 2 unspecified atom stereocenters. The van der Waals surface area contributed by atoms with E-state index >= 15 is 0 Å². The highest BCUT2D eigenvalue weighted by Crippen LogP contribution is 2.30. The average molecular weight is 341 g/mol. The minimum absolute atomic E-state index is 0.0412. The zero-order valence-corrected chi connectivity index (χ0v) is 15.7. The number of piperazine rings is 1. The second-order valence-electron chi connectivity index (χ2n) is 8.81. The van der Waals surface area contributed by atoms with Crippen molar-refractivity contribution in [1.29, 1.82) is 0 Å². The molecule has 2 bridgehead atoms. The fraction of sp³-hybridized carbons (Fsp3) is 0.882. The van der Waals surface area contributed by atoms with E-state index in [1.54, 1.807) is 9.80 Å². The summed E-state index contributed by atoms with van der Waals surface area (Å²) in [4.78, 5) is 28.4. The molecule has 2 fully saturated rings. The Morgan fingerprint density at radius 1 is 0.875 bits per heavy atom. The smallest absolute Gasteiger partial charge is 0.410 e. The first kappa shape index (κ1) is 18.8. The number of hydrogen-bond donors (Lipinski definition) is 1. The number of likely N-dealkylation sites (tertiary alicyclic amines) is 1. The van der Waals surface area contributed by atoms with Crippen molar-refractivity contribution in [3.63, 3.8) is 0 Å². The van der Waals surface area contributed by atoms with Crippen LogP contribution < -0.4 is 5.73 Å². The van der Waals surface area contributed by atoms with Crippen molar-refractivity contribution >= 4 is 12.2 Å². The van der Waals surface area contributed by atoms with Gasteiger partial charge in [0.25, 0.3) is 0 Å². The van der Waals surface area contributed by atoms with E-state index in [9.17, 15) is 9.59 Å². The number of piperidine rings is 1. The maximum Gasteiger partial charge on any atom is 0.410 e. The Hall–Kier alpha value is -1.50. The molecule has 0 saturated carbocycles. The van der Waals surface area contributed by atoms with Gasteiger partial charge in [0.05, 0.1) is 12.1 Å². The lowest BCUT2D eigenvalue weighted by molar-refractivity contribution is -0.0481. The first-order valence-electron chi connectivity index (χ1n) is 8.60. The van der Waals surface area contributed by atoms with Crippen molar-refractivity contribution in [2.45, 2.75) is 83.7 Å². The van der Waals surface area contributed by atoms with Crippen molar-refractivity contribution < 1.29 is 19.1 Å². The van der Waals surface area contributed by atoms with E-state index in [2.05, 4.69) is 0 Å². The number of ether oxygens (including phenoxy) is 2. The van der Waals surface area contributed by atoms with Gasteiger partial charge in [-0.05, 0) is 54.4 Å². The summed E-state index contributed by atoms with van der Waals surface area (Å²) in [6.45, 7) is 11.9. The summed E-state index contributed by atoms with van der Waals surface area (Å²) in [7, 11) is 0. The van der Waals surface area contributed by atoms with Crippen LogP contribution in [0, 0.1) is 0 Å². The van der Waals surface area contributed by atoms with Crippen LogP contribution in [-0.4, -0.2) is 64.4 Å². The molecule has 7 heteroatoms. The van der Waals surface area contributed by atoms with Crippen LogP contribution in [0.3, 0.4) is 0 Å². The molecule has 2 amide bonds. The molecule has 24 heavy (non-hydrogen) atoms. The maximum absolute atomic E-state index is 12.6. The van der Waals surface area contributed by atoms with E-state index in [0.717, 1.165) is 0 Å². The quantitative estimate of drug-likeness (QED) is 0.731. The van der Waals surface area contributed by atoms with Gasteiger partial charge in [0, 0.05) is 19.1 Å². The average Bonchev–Trinajstić information content (AvgIpc) is 2.32. The van der Waals surface area contributed by atoms with Gasteiger partial charge in [-0.15, -0.1) is 0 Å². The van der Waals surface area contributed by atoms with Gasteiger partial charge in [-0.2, -0.15) is 0 Å². The second kappa shape index (κ2) is 6.43. The molecule has 2 aliphatic heterocycles. The largest absolute Gasteiger partial charge is 0.444 e. The Morgan fingerprint density at radius 2 is 1.29 bits per heavy atom. The van der Waals surface area contributed by atoms with E-state index < -0.39 is 11.2 Å². The number of nitrogens with two attached hydrogens (primary N) is 1. The SMILES string of the molecule is CC(C)(C)OC(=O)N1CC2CC(N)CC(C1)N2C(=O)OC(C)(C)C. The predicted octanol–water partition coefficient (Wildman–Crippen LogP) is 2.33. The number of hydrogen-bond acceptors (Lipinski definition) is 5. The molecule has 0 radical (unpaired) electrons. The molecule has 138 valence electrons. The predicted molar refractivity (Wildman–Crippen MR) is 90.7 cm³/mol. The Morgan fingerprint density at radius 3 is 1.71 bits per heavy atom. The Kier molecular flexibility index (Phi) is 5.04. The summed E-state index contributed by atoms with van der Waals surface area (Å²) in [6, 6.07) is -0.218. The van der Waals surface area contributed by atoms with Crippen molar-refractivity contribution in [3.05, 3.63) is 0 Å². The number of carbonyl (C=O) groups excluding carboxylic acids is 2. The van der Waals surface area contributed by atoms with Crippen LogP contribution in [0.15, 0.2) is 0 Å². The Bertz CT molecular complexity index is 479. The normalized spacial score (nSPS) is 27.7. The van der Waals surface area contributed by atoms with E-state index in [4.69, 9.17) is 15.2 Å². The number of nitrogens with zero attached hydrogens (tertiary/aromatic N) is 2. The zero-order chi connectivity index (χ0) is 18.3. The van der Waals surface area contributed by atoms with Gasteiger partial charge in [0.15, 0.2) is 0 Å². The molecule has 2 atom stereocenters. The number of carbonyl (C=O) groups is 2. The van der Waals surface area contributed by atoms with Crippen LogP contribution in [0.1, 0.15) is 54.4 Å². The first-order valence-corrected chi connectivity index (χ1v) is 8.60. The van der Waals surface area contributed by atoms with Crippen LogP contribution in [0.2, 0.25) is 0 Å². The molecule has 2 heterocycles. The van der Waals surface area contributed by atoms with Crippen LogP contribution >= 0.6 is 0 Å². The molecular formula is C17H31N3O4. The lowest BCUT2D eigenvalue weighted by Gasteiger charge is -2.51. The van der Waals surface area contributed by atoms with E-state index in [-0.39, 0.29) is 30.3 Å². The van der Waals surface area contributed by atoms with Crippen LogP contribution in [-0.2, 0) is 9.47 Å². The van der Waals surface area contributed by atoms with Crippen LogP contribution in [0.5, 0.6) is 0 Å². The summed E-state index contributed by atoms with van der Waals surface area (Å²) in [5.41, 5.74) is 5.04. The standard InChI is InChI=1S/C17H31N3O4/c1-16(2,3)23-14(21)19-9-12-7-11(18)8-13(10-19)20(12)15(22)24-17(4,5)6/h11-13H,7-10,18H2,1-6H3. The zero-order valence-electron chi connectivity index (χ0n) is 15.7. The van der Waals surface area contributed by atoms with Crippen LogP contribution in [0.4, 0.5) is 9.59 Å². The second-order valence-corrected chi connectivity index (χ2v) is 8.81. The van der Waals surface area contributed by atoms with Gasteiger partial charge in [-0.25, -0.2) is 9.59 Å². The van der Waals surface area contributed by atoms with Gasteiger partial charge in [-0.1, -0.05) is 0 Å². The van der Waals surface area contributed by atoms with Gasteiger partial charge in [0.2, 0.25) is 0 Å². The minimum Gasteiger partial charge on any atom is -0.444 e. The molecule has 2 N–H and O–H groups in total. The monoisotopic (exact) mass is 341 g/mol. The molecule has 2 aliphatic rings. The fourth-order valence-electron chi connectivity index (χ4n) is 3.32. The van der Waals surface area contributed by atoms with E-state index in [0.29, 0.717) is 25.9 Å². The molecule has 7 nitrogen and oxygen atoms in total. The summed E-state index contributed by atoms with van der Waals surface area (Å²) in [5.74, 6) is 0. The Labute approximate surface area is 144 Å². The number of amides is 2. The van der Waals surface area contributed by atoms with Gasteiger partial charge in [-0.3, -0.25) is 4.90 Å². The minimum atomic E-state index is -0.546. The maximum atomic E-state index is 12.6. The number of fused-ring (bicyclic) bond motifs is 2. The highest BCUT2D eigenvalue weighted by molar-refractivity contribution is 5.72.